The van der Waals surface area contributed by atoms with E-state index in [0.717, 1.165) is 16.3 Å². The SMILES string of the molecule is O=c1c2cc(Cl)cc(Cl)c2ncn1Cc1csc(-c2ccccc2Cl)n1. The van der Waals surface area contributed by atoms with Crippen LogP contribution in [0, 0.1) is 0 Å². The Bertz CT molecular complexity index is 1190. The molecule has 0 aliphatic heterocycles. The second-order valence-corrected chi connectivity index (χ2v) is 7.69. The molecule has 0 aliphatic carbocycles. The topological polar surface area (TPSA) is 47.8 Å². The summed E-state index contributed by atoms with van der Waals surface area (Å²) in [5.41, 5.74) is 1.84. The van der Waals surface area contributed by atoms with Crippen molar-refractivity contribution < 1.29 is 0 Å². The van der Waals surface area contributed by atoms with Crippen LogP contribution in [0.3, 0.4) is 0 Å². The number of rotatable bonds is 3. The van der Waals surface area contributed by atoms with Crippen molar-refractivity contribution in [3.05, 3.63) is 79.2 Å². The summed E-state index contributed by atoms with van der Waals surface area (Å²) in [6.07, 6.45) is 1.47. The molecule has 0 N–H and O–H groups in total. The fraction of sp³-hybridized carbons (Fsp3) is 0.0556. The van der Waals surface area contributed by atoms with E-state index in [1.165, 1.54) is 22.2 Å². The molecule has 0 amide bonds. The molecule has 26 heavy (non-hydrogen) atoms. The fourth-order valence-electron chi connectivity index (χ4n) is 2.62. The zero-order chi connectivity index (χ0) is 18.3. The van der Waals surface area contributed by atoms with Gasteiger partial charge in [-0.2, -0.15) is 0 Å². The highest BCUT2D eigenvalue weighted by atomic mass is 35.5. The summed E-state index contributed by atoms with van der Waals surface area (Å²) in [5, 5.41) is 4.48. The monoisotopic (exact) mass is 421 g/mol. The average Bonchev–Trinajstić information content (AvgIpc) is 3.06. The van der Waals surface area contributed by atoms with E-state index in [4.69, 9.17) is 34.8 Å². The minimum absolute atomic E-state index is 0.216. The lowest BCUT2D eigenvalue weighted by Crippen LogP contribution is -2.21. The van der Waals surface area contributed by atoms with Crippen molar-refractivity contribution in [1.82, 2.24) is 14.5 Å². The van der Waals surface area contributed by atoms with Crippen LogP contribution < -0.4 is 5.56 Å². The molecule has 4 nitrogen and oxygen atoms in total. The predicted octanol–water partition coefficient (Wildman–Crippen LogP) is 5.53. The zero-order valence-corrected chi connectivity index (χ0v) is 16.2. The molecule has 0 saturated carbocycles. The maximum atomic E-state index is 12.7. The first-order chi connectivity index (χ1) is 12.5. The van der Waals surface area contributed by atoms with Crippen molar-refractivity contribution in [2.75, 3.05) is 0 Å². The van der Waals surface area contributed by atoms with Crippen LogP contribution in [0.1, 0.15) is 5.69 Å². The number of benzene rings is 2. The summed E-state index contributed by atoms with van der Waals surface area (Å²) in [7, 11) is 0. The van der Waals surface area contributed by atoms with Gasteiger partial charge in [-0.05, 0) is 18.2 Å². The van der Waals surface area contributed by atoms with Crippen LogP contribution in [0.4, 0.5) is 0 Å². The third-order valence-corrected chi connectivity index (χ3v) is 5.59. The number of hydrogen-bond acceptors (Lipinski definition) is 4. The van der Waals surface area contributed by atoms with Gasteiger partial charge in [-0.1, -0.05) is 53.0 Å². The van der Waals surface area contributed by atoms with Crippen molar-refractivity contribution in [2.45, 2.75) is 6.54 Å². The Balaban J connectivity index is 1.72. The van der Waals surface area contributed by atoms with Crippen molar-refractivity contribution in [3.63, 3.8) is 0 Å². The van der Waals surface area contributed by atoms with Gasteiger partial charge < -0.3 is 0 Å². The largest absolute Gasteiger partial charge is 0.293 e. The first-order valence-electron chi connectivity index (χ1n) is 7.56. The Labute approximate surface area is 167 Å². The van der Waals surface area contributed by atoms with Gasteiger partial charge >= 0.3 is 0 Å². The van der Waals surface area contributed by atoms with Crippen LogP contribution in [-0.4, -0.2) is 14.5 Å². The van der Waals surface area contributed by atoms with Crippen molar-refractivity contribution in [1.29, 1.82) is 0 Å². The molecule has 0 fully saturated rings. The normalized spacial score (nSPS) is 11.2. The first-order valence-corrected chi connectivity index (χ1v) is 9.58. The predicted molar refractivity (Wildman–Crippen MR) is 108 cm³/mol. The van der Waals surface area contributed by atoms with Crippen LogP contribution in [0.2, 0.25) is 15.1 Å². The minimum Gasteiger partial charge on any atom is -0.293 e. The lowest BCUT2D eigenvalue weighted by Gasteiger charge is -2.06. The molecule has 0 spiro atoms. The number of halogens is 3. The van der Waals surface area contributed by atoms with Crippen LogP contribution in [0.15, 0.2) is 52.9 Å². The number of nitrogens with zero attached hydrogens (tertiary/aromatic N) is 3. The number of fused-ring (bicyclic) bond motifs is 1. The highest BCUT2D eigenvalue weighted by molar-refractivity contribution is 7.13. The van der Waals surface area contributed by atoms with Gasteiger partial charge in [0, 0.05) is 16.0 Å². The third kappa shape index (κ3) is 3.23. The molecule has 130 valence electrons. The highest BCUT2D eigenvalue weighted by Gasteiger charge is 2.12. The standard InChI is InChI=1S/C18H10Cl3N3OS/c19-10-5-13-16(15(21)6-10)22-9-24(18(13)25)7-11-8-26-17(23-11)12-3-1-2-4-14(12)20/h1-6,8-9H,7H2. The van der Waals surface area contributed by atoms with Crippen molar-refractivity contribution in [2.24, 2.45) is 0 Å². The van der Waals surface area contributed by atoms with Crippen molar-refractivity contribution in [3.8, 4) is 10.6 Å². The van der Waals surface area contributed by atoms with Gasteiger partial charge in [0.25, 0.3) is 5.56 Å². The summed E-state index contributed by atoms with van der Waals surface area (Å²) < 4.78 is 1.49. The van der Waals surface area contributed by atoms with E-state index >= 15 is 0 Å². The lowest BCUT2D eigenvalue weighted by molar-refractivity contribution is 0.734. The number of aromatic nitrogens is 3. The van der Waals surface area contributed by atoms with E-state index in [0.29, 0.717) is 32.5 Å². The van der Waals surface area contributed by atoms with Gasteiger partial charge in [0.05, 0.1) is 39.5 Å². The Morgan fingerprint density at radius 3 is 2.69 bits per heavy atom. The van der Waals surface area contributed by atoms with Gasteiger partial charge in [0.2, 0.25) is 0 Å². The van der Waals surface area contributed by atoms with E-state index in [9.17, 15) is 4.79 Å². The smallest absolute Gasteiger partial charge is 0.261 e. The quantitative estimate of drug-likeness (QED) is 0.436. The molecule has 0 atom stereocenters. The molecule has 2 heterocycles. The molecular formula is C18H10Cl3N3OS. The highest BCUT2D eigenvalue weighted by Crippen LogP contribution is 2.30. The molecule has 0 unspecified atom stereocenters. The molecule has 2 aromatic heterocycles. The molecule has 4 rings (SSSR count). The van der Waals surface area contributed by atoms with E-state index in [1.54, 1.807) is 12.1 Å². The summed E-state index contributed by atoms with van der Waals surface area (Å²) in [6.45, 7) is 0.298. The third-order valence-electron chi connectivity index (χ3n) is 3.83. The Kier molecular flexibility index (Phi) is 4.71. The summed E-state index contributed by atoms with van der Waals surface area (Å²) >= 11 is 19.8. The van der Waals surface area contributed by atoms with Gasteiger partial charge in [0.1, 0.15) is 5.01 Å². The van der Waals surface area contributed by atoms with E-state index < -0.39 is 0 Å². The summed E-state index contributed by atoms with van der Waals surface area (Å²) in [4.78, 5) is 21.6. The Hall–Kier alpha value is -1.92. The Morgan fingerprint density at radius 2 is 1.88 bits per heavy atom. The average molecular weight is 423 g/mol. The van der Waals surface area contributed by atoms with Gasteiger partial charge in [0.15, 0.2) is 0 Å². The molecule has 8 heteroatoms. The molecule has 0 saturated heterocycles. The van der Waals surface area contributed by atoms with Gasteiger partial charge in [-0.15, -0.1) is 11.3 Å². The van der Waals surface area contributed by atoms with E-state index in [2.05, 4.69) is 9.97 Å². The zero-order valence-electron chi connectivity index (χ0n) is 13.1. The van der Waals surface area contributed by atoms with Crippen molar-refractivity contribution >= 4 is 57.0 Å². The second-order valence-electron chi connectivity index (χ2n) is 5.59. The lowest BCUT2D eigenvalue weighted by atomic mass is 10.2. The first kappa shape index (κ1) is 17.5. The molecule has 0 aliphatic rings. The summed E-state index contributed by atoms with van der Waals surface area (Å²) in [5.74, 6) is 0. The number of hydrogen-bond donors (Lipinski definition) is 0. The maximum Gasteiger partial charge on any atom is 0.261 e. The van der Waals surface area contributed by atoms with Crippen LogP contribution in [0.5, 0.6) is 0 Å². The minimum atomic E-state index is -0.216. The van der Waals surface area contributed by atoms with Crippen LogP contribution in [0.25, 0.3) is 21.5 Å². The van der Waals surface area contributed by atoms with Gasteiger partial charge in [-0.3, -0.25) is 9.36 Å². The molecule has 0 bridgehead atoms. The molecule has 2 aromatic carbocycles. The summed E-state index contributed by atoms with van der Waals surface area (Å²) in [6, 6.07) is 10.7. The molecule has 0 radical (unpaired) electrons. The van der Waals surface area contributed by atoms with E-state index in [1.807, 2.05) is 29.6 Å². The fourth-order valence-corrected chi connectivity index (χ4v) is 4.29. The molecular weight excluding hydrogens is 413 g/mol. The Morgan fingerprint density at radius 1 is 1.08 bits per heavy atom. The van der Waals surface area contributed by atoms with Crippen LogP contribution >= 0.6 is 46.1 Å². The van der Waals surface area contributed by atoms with Crippen LogP contribution in [-0.2, 0) is 6.54 Å². The number of thiazole rings is 1. The maximum absolute atomic E-state index is 12.7. The van der Waals surface area contributed by atoms with Gasteiger partial charge in [-0.25, -0.2) is 9.97 Å². The molecule has 4 aromatic rings. The van der Waals surface area contributed by atoms with E-state index in [-0.39, 0.29) is 5.56 Å². The second kappa shape index (κ2) is 7.00.